The van der Waals surface area contributed by atoms with Crippen LogP contribution < -0.4 is 4.74 Å². The molecule has 11 rings (SSSR count). The van der Waals surface area contributed by atoms with Crippen molar-refractivity contribution in [3.63, 3.8) is 0 Å². The fraction of sp³-hybridized carbons (Fsp3) is 0.0638. The van der Waals surface area contributed by atoms with E-state index in [0.717, 1.165) is 78.1 Å². The number of nitrogens with zero attached hydrogens (tertiary/aromatic N) is 4. The van der Waals surface area contributed by atoms with E-state index >= 15 is 0 Å². The fourth-order valence-electron chi connectivity index (χ4n) is 8.60. The Balaban J connectivity index is 1.13. The van der Waals surface area contributed by atoms with Gasteiger partial charge in [-0.15, -0.1) is 0 Å². The van der Waals surface area contributed by atoms with Gasteiger partial charge in [0.1, 0.15) is 22.8 Å². The molecule has 0 amide bonds. The molecule has 5 heterocycles. The van der Waals surface area contributed by atoms with Crippen molar-refractivity contribution in [1.29, 1.82) is 0 Å². The maximum Gasteiger partial charge on any atom is 0.146 e. The quantitative estimate of drug-likeness (QED) is 0.175. The predicted molar refractivity (Wildman–Crippen MR) is 212 cm³/mol. The van der Waals surface area contributed by atoms with Crippen molar-refractivity contribution in [3.05, 3.63) is 169 Å². The topological polar surface area (TPSA) is 44.4 Å². The van der Waals surface area contributed by atoms with Crippen LogP contribution >= 0.6 is 0 Å². The van der Waals surface area contributed by atoms with E-state index in [4.69, 9.17) is 14.7 Å². The van der Waals surface area contributed by atoms with Crippen molar-refractivity contribution < 1.29 is 4.74 Å². The first kappa shape index (κ1) is 29.1. The van der Waals surface area contributed by atoms with Gasteiger partial charge in [-0.25, -0.2) is 9.97 Å². The van der Waals surface area contributed by atoms with Gasteiger partial charge in [0, 0.05) is 50.4 Å². The summed E-state index contributed by atoms with van der Waals surface area (Å²) in [5, 5.41) is 5.71. The molecular formula is C47H32N4O. The van der Waals surface area contributed by atoms with Crippen molar-refractivity contribution in [1.82, 2.24) is 18.9 Å². The zero-order chi connectivity index (χ0) is 34.6. The Morgan fingerprint density at radius 2 is 1.25 bits per heavy atom. The minimum atomic E-state index is -0.193. The van der Waals surface area contributed by atoms with Crippen molar-refractivity contribution in [2.24, 2.45) is 0 Å². The highest BCUT2D eigenvalue weighted by atomic mass is 16.5. The van der Waals surface area contributed by atoms with Crippen molar-refractivity contribution in [2.45, 2.75) is 19.3 Å². The van der Waals surface area contributed by atoms with E-state index < -0.39 is 0 Å². The number of aromatic nitrogens is 4. The molecule has 4 aromatic heterocycles. The summed E-state index contributed by atoms with van der Waals surface area (Å²) in [6.07, 6.45) is 1.88. The van der Waals surface area contributed by atoms with Crippen LogP contribution in [-0.4, -0.2) is 18.9 Å². The lowest BCUT2D eigenvalue weighted by Crippen LogP contribution is -2.26. The van der Waals surface area contributed by atoms with Crippen LogP contribution in [0.2, 0.25) is 0 Å². The average Bonchev–Trinajstić information content (AvgIpc) is 3.76. The maximum atomic E-state index is 6.79. The van der Waals surface area contributed by atoms with Crippen LogP contribution in [0.4, 0.5) is 0 Å². The molecule has 6 aromatic carbocycles. The van der Waals surface area contributed by atoms with E-state index in [1.807, 2.05) is 18.3 Å². The first-order valence-corrected chi connectivity index (χ1v) is 17.8. The number of imidazole rings is 1. The molecule has 246 valence electrons. The summed E-state index contributed by atoms with van der Waals surface area (Å²) < 4.78 is 11.4. The lowest BCUT2D eigenvalue weighted by atomic mass is 9.74. The van der Waals surface area contributed by atoms with E-state index in [1.54, 1.807) is 0 Å². The third-order valence-corrected chi connectivity index (χ3v) is 11.0. The Morgan fingerprint density at radius 1 is 0.538 bits per heavy atom. The molecule has 1 aliphatic heterocycles. The van der Waals surface area contributed by atoms with Gasteiger partial charge < -0.3 is 4.74 Å². The molecule has 0 atom stereocenters. The molecule has 0 radical (unpaired) electrons. The monoisotopic (exact) mass is 668 g/mol. The second kappa shape index (κ2) is 10.6. The molecule has 5 heteroatoms. The van der Waals surface area contributed by atoms with Crippen LogP contribution in [0.1, 0.15) is 25.0 Å². The molecule has 0 unspecified atom stereocenters. The highest BCUT2D eigenvalue weighted by Crippen LogP contribution is 2.48. The van der Waals surface area contributed by atoms with Gasteiger partial charge in [-0.1, -0.05) is 117 Å². The molecule has 52 heavy (non-hydrogen) atoms. The van der Waals surface area contributed by atoms with Crippen molar-refractivity contribution >= 4 is 49.3 Å². The average molecular weight is 669 g/mol. The van der Waals surface area contributed by atoms with E-state index in [9.17, 15) is 0 Å². The Labute approximate surface area is 300 Å². The van der Waals surface area contributed by atoms with Crippen molar-refractivity contribution in [2.75, 3.05) is 0 Å². The smallest absolute Gasteiger partial charge is 0.146 e. The molecule has 0 saturated heterocycles. The molecule has 0 aliphatic carbocycles. The van der Waals surface area contributed by atoms with Gasteiger partial charge in [0.15, 0.2) is 0 Å². The number of benzene rings is 6. The number of hydrogen-bond donors (Lipinski definition) is 0. The number of ether oxygens (including phenoxy) is 1. The third-order valence-electron chi connectivity index (χ3n) is 11.0. The molecule has 0 spiro atoms. The van der Waals surface area contributed by atoms with Gasteiger partial charge in [0.25, 0.3) is 0 Å². The molecule has 0 N–H and O–H groups in total. The van der Waals surface area contributed by atoms with Gasteiger partial charge in [0.05, 0.1) is 28.1 Å². The number of fused-ring (bicyclic) bond motifs is 11. The van der Waals surface area contributed by atoms with Crippen molar-refractivity contribution in [3.8, 4) is 39.7 Å². The lowest BCUT2D eigenvalue weighted by Gasteiger charge is -2.34. The second-order valence-corrected chi connectivity index (χ2v) is 14.2. The van der Waals surface area contributed by atoms with Gasteiger partial charge in [-0.05, 0) is 59.0 Å². The Kier molecular flexibility index (Phi) is 5.95. The minimum Gasteiger partial charge on any atom is -0.457 e. The van der Waals surface area contributed by atoms with Gasteiger partial charge >= 0.3 is 0 Å². The van der Waals surface area contributed by atoms with Crippen LogP contribution in [-0.2, 0) is 5.41 Å². The largest absolute Gasteiger partial charge is 0.457 e. The summed E-state index contributed by atoms with van der Waals surface area (Å²) in [7, 11) is 0. The summed E-state index contributed by atoms with van der Waals surface area (Å²) in [5.41, 5.74) is 11.9. The SMILES string of the molecule is CC1(C)c2ccc(Oc3ccc4c5ccccc5n5c(-c6ccccc6)c(-c6ccccc6)nc5c4c3)cc2-n2c3ncccc3c3cccc1c32. The first-order chi connectivity index (χ1) is 25.6. The van der Waals surface area contributed by atoms with Crippen LogP contribution in [0.15, 0.2) is 158 Å². The molecule has 5 nitrogen and oxygen atoms in total. The molecule has 10 aromatic rings. The molecule has 0 fully saturated rings. The highest BCUT2D eigenvalue weighted by Gasteiger charge is 2.35. The van der Waals surface area contributed by atoms with Gasteiger partial charge in [0.2, 0.25) is 0 Å². The van der Waals surface area contributed by atoms with Crippen LogP contribution in [0.3, 0.4) is 0 Å². The molecule has 1 aliphatic rings. The lowest BCUT2D eigenvalue weighted by molar-refractivity contribution is 0.482. The Morgan fingerprint density at radius 3 is 2.10 bits per heavy atom. The van der Waals surface area contributed by atoms with E-state index in [2.05, 4.69) is 162 Å². The summed E-state index contributed by atoms with van der Waals surface area (Å²) >= 11 is 0. The number of pyridine rings is 2. The summed E-state index contributed by atoms with van der Waals surface area (Å²) in [6.45, 7) is 4.62. The molecule has 0 bridgehead atoms. The predicted octanol–water partition coefficient (Wildman–Crippen LogP) is 11.9. The number of para-hydroxylation sites is 2. The standard InChI is InChI=1S/C47H32N4O/c1-47(2)38-25-23-32(28-41(38)51-44-35(18-11-20-39(44)47)36-19-12-26-48-45(36)51)52-31-22-24-33-34-17-9-10-21-40(34)50-43(30-15-7-4-8-16-30)42(29-13-5-3-6-14-29)49-46(50)37(33)27-31/h3-28H,1-2H3. The van der Waals surface area contributed by atoms with Crippen LogP contribution in [0.5, 0.6) is 11.5 Å². The van der Waals surface area contributed by atoms with Gasteiger partial charge in [-0.3, -0.25) is 8.97 Å². The third kappa shape index (κ3) is 3.99. The first-order valence-electron chi connectivity index (χ1n) is 17.8. The number of hydrogen-bond acceptors (Lipinski definition) is 3. The fourth-order valence-corrected chi connectivity index (χ4v) is 8.60. The minimum absolute atomic E-state index is 0.193. The van der Waals surface area contributed by atoms with Crippen LogP contribution in [0.25, 0.3) is 77.5 Å². The highest BCUT2D eigenvalue weighted by molar-refractivity contribution is 6.14. The molecule has 0 saturated carbocycles. The second-order valence-electron chi connectivity index (χ2n) is 14.2. The van der Waals surface area contributed by atoms with E-state index in [-0.39, 0.29) is 5.41 Å². The summed E-state index contributed by atoms with van der Waals surface area (Å²) in [6, 6.07) is 53.4. The summed E-state index contributed by atoms with van der Waals surface area (Å²) in [5.74, 6) is 1.53. The maximum absolute atomic E-state index is 6.79. The normalized spacial score (nSPS) is 13.3. The van der Waals surface area contributed by atoms with Gasteiger partial charge in [-0.2, -0.15) is 0 Å². The summed E-state index contributed by atoms with van der Waals surface area (Å²) in [4.78, 5) is 10.3. The van der Waals surface area contributed by atoms with Crippen LogP contribution in [0, 0.1) is 0 Å². The van der Waals surface area contributed by atoms with E-state index in [0.29, 0.717) is 0 Å². The Bertz CT molecular complexity index is 3060. The van der Waals surface area contributed by atoms with E-state index in [1.165, 1.54) is 22.0 Å². The zero-order valence-corrected chi connectivity index (χ0v) is 28.7. The molecular weight excluding hydrogens is 637 g/mol. The number of rotatable bonds is 4. The zero-order valence-electron chi connectivity index (χ0n) is 28.7. The Hall–Kier alpha value is -6.72.